The summed E-state index contributed by atoms with van der Waals surface area (Å²) < 4.78 is 0. The lowest BCUT2D eigenvalue weighted by molar-refractivity contribution is 0.214. The fourth-order valence-corrected chi connectivity index (χ4v) is 4.14. The van der Waals surface area contributed by atoms with Gasteiger partial charge >= 0.3 is 0 Å². The van der Waals surface area contributed by atoms with E-state index in [1.54, 1.807) is 0 Å². The van der Waals surface area contributed by atoms with E-state index in [4.69, 9.17) is 0 Å². The van der Waals surface area contributed by atoms with E-state index in [0.29, 0.717) is 0 Å². The highest BCUT2D eigenvalue weighted by Crippen LogP contribution is 2.46. The molecule has 2 atom stereocenters. The van der Waals surface area contributed by atoms with E-state index < -0.39 is 6.10 Å². The highest BCUT2D eigenvalue weighted by molar-refractivity contribution is 6.02. The molecule has 0 bridgehead atoms. The van der Waals surface area contributed by atoms with Crippen LogP contribution in [0.5, 0.6) is 0 Å². The van der Waals surface area contributed by atoms with E-state index in [0.717, 1.165) is 16.7 Å². The summed E-state index contributed by atoms with van der Waals surface area (Å²) in [5.41, 5.74) is 5.63. The largest absolute Gasteiger partial charge is 0.379 e. The van der Waals surface area contributed by atoms with Crippen molar-refractivity contribution in [3.8, 4) is 23.0 Å². The Hall–Kier alpha value is -3.34. The van der Waals surface area contributed by atoms with Gasteiger partial charge in [-0.2, -0.15) is 0 Å². The third-order valence-electron chi connectivity index (χ3n) is 5.31. The van der Waals surface area contributed by atoms with E-state index in [1.807, 2.05) is 36.4 Å². The number of hydrogen-bond donors (Lipinski definition) is 1. The Morgan fingerprint density at radius 1 is 0.667 bits per heavy atom. The first-order chi connectivity index (χ1) is 13.3. The van der Waals surface area contributed by atoms with Crippen molar-refractivity contribution in [2.45, 2.75) is 12.0 Å². The van der Waals surface area contributed by atoms with Crippen molar-refractivity contribution in [2.24, 2.45) is 0 Å². The van der Waals surface area contributed by atoms with E-state index in [-0.39, 0.29) is 5.92 Å². The topological polar surface area (TPSA) is 20.2 Å². The summed E-state index contributed by atoms with van der Waals surface area (Å²) in [7, 11) is 0. The summed E-state index contributed by atoms with van der Waals surface area (Å²) in [5.74, 6) is 6.06. The molecule has 0 saturated carbocycles. The van der Waals surface area contributed by atoms with Crippen molar-refractivity contribution in [2.75, 3.05) is 0 Å². The molecule has 0 radical (unpaired) electrons. The molecule has 1 heteroatoms. The molecule has 0 aromatic heterocycles. The summed E-state index contributed by atoms with van der Waals surface area (Å²) >= 11 is 0. The van der Waals surface area contributed by atoms with Gasteiger partial charge in [0.05, 0.1) is 0 Å². The van der Waals surface area contributed by atoms with Crippen LogP contribution in [0.2, 0.25) is 0 Å². The fraction of sp³-hybridized carbons (Fsp3) is 0.0769. The molecule has 0 heterocycles. The molecular weight excluding hydrogens is 328 g/mol. The summed E-state index contributed by atoms with van der Waals surface area (Å²) in [6.45, 7) is 0. The molecule has 27 heavy (non-hydrogen) atoms. The SMILES string of the molecule is OC(C#Cc1ccccc1)C1c2ccccc2-c2cccc3cccc1c23. The Morgan fingerprint density at radius 2 is 1.33 bits per heavy atom. The maximum absolute atomic E-state index is 11.1. The molecule has 1 N–H and O–H groups in total. The number of rotatable bonds is 1. The average Bonchev–Trinajstić information content (AvgIpc) is 2.73. The fourth-order valence-electron chi connectivity index (χ4n) is 4.14. The van der Waals surface area contributed by atoms with E-state index >= 15 is 0 Å². The molecule has 0 aliphatic heterocycles. The van der Waals surface area contributed by atoms with Crippen LogP contribution in [0.1, 0.15) is 22.6 Å². The first kappa shape index (κ1) is 15.9. The molecule has 1 aliphatic rings. The molecule has 0 fully saturated rings. The van der Waals surface area contributed by atoms with Gasteiger partial charge in [-0.15, -0.1) is 0 Å². The molecular formula is C26H18O. The summed E-state index contributed by atoms with van der Waals surface area (Å²) in [6.07, 6.45) is -0.773. The van der Waals surface area contributed by atoms with E-state index in [1.165, 1.54) is 21.9 Å². The normalized spacial score (nSPS) is 15.5. The Morgan fingerprint density at radius 3 is 2.19 bits per heavy atom. The van der Waals surface area contributed by atoms with Crippen LogP contribution in [-0.4, -0.2) is 11.2 Å². The molecule has 5 rings (SSSR count). The highest BCUT2D eigenvalue weighted by Gasteiger charge is 2.30. The van der Waals surface area contributed by atoms with Crippen LogP contribution in [0.25, 0.3) is 21.9 Å². The minimum Gasteiger partial charge on any atom is -0.379 e. The maximum atomic E-state index is 11.1. The van der Waals surface area contributed by atoms with Crippen LogP contribution in [0, 0.1) is 11.8 Å². The first-order valence-electron chi connectivity index (χ1n) is 9.18. The minimum absolute atomic E-state index is 0.156. The van der Waals surface area contributed by atoms with Crippen molar-refractivity contribution < 1.29 is 5.11 Å². The van der Waals surface area contributed by atoms with Crippen LogP contribution in [0.15, 0.2) is 91.0 Å². The van der Waals surface area contributed by atoms with Crippen molar-refractivity contribution in [1.29, 1.82) is 0 Å². The molecule has 1 aliphatic carbocycles. The van der Waals surface area contributed by atoms with Crippen LogP contribution < -0.4 is 0 Å². The summed E-state index contributed by atoms with van der Waals surface area (Å²) in [5, 5.41) is 13.5. The van der Waals surface area contributed by atoms with Crippen LogP contribution in [-0.2, 0) is 0 Å². The molecule has 0 saturated heterocycles. The Bertz CT molecular complexity index is 1190. The van der Waals surface area contributed by atoms with Gasteiger partial charge in [-0.1, -0.05) is 90.7 Å². The van der Waals surface area contributed by atoms with Gasteiger partial charge in [0, 0.05) is 11.5 Å². The maximum Gasteiger partial charge on any atom is 0.126 e. The van der Waals surface area contributed by atoms with Crippen LogP contribution in [0.4, 0.5) is 0 Å². The second kappa shape index (κ2) is 6.43. The van der Waals surface area contributed by atoms with Gasteiger partial charge in [-0.25, -0.2) is 0 Å². The molecule has 0 amide bonds. The number of fused-ring (bicyclic) bond motifs is 2. The molecule has 1 nitrogen and oxygen atoms in total. The van der Waals surface area contributed by atoms with Crippen LogP contribution in [0.3, 0.4) is 0 Å². The number of aliphatic hydroxyl groups excluding tert-OH is 1. The zero-order chi connectivity index (χ0) is 18.2. The van der Waals surface area contributed by atoms with Crippen molar-refractivity contribution in [3.63, 3.8) is 0 Å². The van der Waals surface area contributed by atoms with Gasteiger partial charge in [0.15, 0.2) is 0 Å². The van der Waals surface area contributed by atoms with Crippen molar-refractivity contribution in [1.82, 2.24) is 0 Å². The Labute approximate surface area is 158 Å². The predicted molar refractivity (Wildman–Crippen MR) is 111 cm³/mol. The minimum atomic E-state index is -0.773. The Balaban J connectivity index is 1.71. The van der Waals surface area contributed by atoms with Gasteiger partial charge in [-0.05, 0) is 45.2 Å². The van der Waals surface area contributed by atoms with Gasteiger partial charge < -0.3 is 5.11 Å². The number of benzene rings is 4. The monoisotopic (exact) mass is 346 g/mol. The van der Waals surface area contributed by atoms with E-state index in [9.17, 15) is 5.11 Å². The molecule has 0 spiro atoms. The predicted octanol–water partition coefficient (Wildman–Crippen LogP) is 5.36. The van der Waals surface area contributed by atoms with Gasteiger partial charge in [0.25, 0.3) is 0 Å². The first-order valence-corrected chi connectivity index (χ1v) is 9.18. The Kier molecular flexibility index (Phi) is 3.78. The van der Waals surface area contributed by atoms with E-state index in [2.05, 4.69) is 66.4 Å². The quantitative estimate of drug-likeness (QED) is 0.460. The van der Waals surface area contributed by atoms with Crippen molar-refractivity contribution in [3.05, 3.63) is 108 Å². The third kappa shape index (κ3) is 2.63. The lowest BCUT2D eigenvalue weighted by Crippen LogP contribution is -2.21. The molecule has 128 valence electrons. The number of hydrogen-bond acceptors (Lipinski definition) is 1. The zero-order valence-electron chi connectivity index (χ0n) is 14.8. The summed E-state index contributed by atoms with van der Waals surface area (Å²) in [6, 6.07) is 30.9. The van der Waals surface area contributed by atoms with Crippen LogP contribution >= 0.6 is 0 Å². The number of aliphatic hydroxyl groups is 1. The third-order valence-corrected chi connectivity index (χ3v) is 5.31. The molecule has 4 aromatic rings. The lowest BCUT2D eigenvalue weighted by Gasteiger charge is -2.30. The second-order valence-electron chi connectivity index (χ2n) is 6.90. The van der Waals surface area contributed by atoms with Gasteiger partial charge in [-0.3, -0.25) is 0 Å². The standard InChI is InChI=1S/C26H18O/c27-24(17-16-18-8-2-1-3-9-18)26-22-13-5-4-12-20(22)21-14-6-10-19-11-7-15-23(26)25(19)21/h1-15,24,26-27H. The molecule has 4 aromatic carbocycles. The molecule has 2 unspecified atom stereocenters. The summed E-state index contributed by atoms with van der Waals surface area (Å²) in [4.78, 5) is 0. The van der Waals surface area contributed by atoms with Gasteiger partial charge in [0.1, 0.15) is 6.10 Å². The second-order valence-corrected chi connectivity index (χ2v) is 6.90. The zero-order valence-corrected chi connectivity index (χ0v) is 14.8. The lowest BCUT2D eigenvalue weighted by atomic mass is 9.74. The van der Waals surface area contributed by atoms with Gasteiger partial charge in [0.2, 0.25) is 0 Å². The average molecular weight is 346 g/mol. The smallest absolute Gasteiger partial charge is 0.126 e. The highest BCUT2D eigenvalue weighted by atomic mass is 16.3. The van der Waals surface area contributed by atoms with Crippen molar-refractivity contribution >= 4 is 10.8 Å².